The van der Waals surface area contributed by atoms with E-state index in [-0.39, 0.29) is 19.1 Å². The van der Waals surface area contributed by atoms with E-state index in [2.05, 4.69) is 10.6 Å². The minimum Gasteiger partial charge on any atom is -0.460 e. The molecule has 2 N–H and O–H groups in total. The molecule has 0 heterocycles. The van der Waals surface area contributed by atoms with Crippen LogP contribution in [-0.4, -0.2) is 30.4 Å². The Labute approximate surface area is 163 Å². The van der Waals surface area contributed by atoms with Gasteiger partial charge < -0.3 is 15.4 Å². The number of rotatable bonds is 8. The van der Waals surface area contributed by atoms with Crippen LogP contribution in [0.15, 0.2) is 60.7 Å². The van der Waals surface area contributed by atoms with Gasteiger partial charge in [0.1, 0.15) is 13.2 Å². The fraction of sp³-hybridized carbons (Fsp3) is 0.227. The fourth-order valence-electron chi connectivity index (χ4n) is 2.42. The van der Waals surface area contributed by atoms with Crippen LogP contribution in [0.1, 0.15) is 34.3 Å². The molecule has 3 rings (SSSR count). The van der Waals surface area contributed by atoms with Crippen molar-refractivity contribution in [3.63, 3.8) is 0 Å². The Morgan fingerprint density at radius 3 is 2.39 bits per heavy atom. The van der Waals surface area contributed by atoms with Crippen molar-refractivity contribution in [1.29, 1.82) is 0 Å². The predicted molar refractivity (Wildman–Crippen MR) is 105 cm³/mol. The molecule has 144 valence electrons. The van der Waals surface area contributed by atoms with Crippen molar-refractivity contribution >= 4 is 23.9 Å². The van der Waals surface area contributed by atoms with Crippen LogP contribution >= 0.6 is 0 Å². The van der Waals surface area contributed by atoms with Gasteiger partial charge in [-0.2, -0.15) is 0 Å². The van der Waals surface area contributed by atoms with E-state index in [1.165, 1.54) is 6.08 Å². The van der Waals surface area contributed by atoms with Crippen molar-refractivity contribution in [1.82, 2.24) is 10.6 Å². The first-order valence-corrected chi connectivity index (χ1v) is 9.16. The zero-order valence-electron chi connectivity index (χ0n) is 15.4. The van der Waals surface area contributed by atoms with E-state index in [4.69, 9.17) is 4.74 Å². The van der Waals surface area contributed by atoms with Crippen LogP contribution in [0.4, 0.5) is 0 Å². The molecule has 0 spiro atoms. The maximum absolute atomic E-state index is 11.9. The Balaban J connectivity index is 1.39. The molecule has 2 amide bonds. The lowest BCUT2D eigenvalue weighted by atomic mass is 10.1. The second-order valence-corrected chi connectivity index (χ2v) is 6.57. The zero-order chi connectivity index (χ0) is 19.8. The van der Waals surface area contributed by atoms with Crippen molar-refractivity contribution < 1.29 is 19.1 Å². The quantitative estimate of drug-likeness (QED) is 0.546. The first-order chi connectivity index (χ1) is 13.6. The maximum atomic E-state index is 11.9. The molecule has 2 aromatic rings. The summed E-state index contributed by atoms with van der Waals surface area (Å²) in [5, 5.41) is 5.41. The summed E-state index contributed by atoms with van der Waals surface area (Å²) >= 11 is 0. The average Bonchev–Trinajstić information content (AvgIpc) is 3.54. The molecule has 0 unspecified atom stereocenters. The Morgan fingerprint density at radius 2 is 1.71 bits per heavy atom. The lowest BCUT2D eigenvalue weighted by molar-refractivity contribution is -0.144. The number of benzene rings is 2. The standard InChI is InChI=1S/C22H22N2O4/c25-20(23-14-21(26)28-15-17-4-2-1-3-5-17)13-8-16-6-9-18(10-7-16)22(27)24-19-11-12-19/h1-10,13,19H,11-12,14-15H2,(H,23,25)(H,24,27)/b13-8+. The molecule has 1 fully saturated rings. The third-order valence-electron chi connectivity index (χ3n) is 4.16. The Morgan fingerprint density at radius 1 is 1.00 bits per heavy atom. The molecule has 1 aliphatic rings. The SMILES string of the molecule is O=C(/C=C/c1ccc(C(=O)NC2CC2)cc1)NCC(=O)OCc1ccccc1. The smallest absolute Gasteiger partial charge is 0.325 e. The molecule has 0 atom stereocenters. The lowest BCUT2D eigenvalue weighted by Crippen LogP contribution is -2.29. The zero-order valence-corrected chi connectivity index (χ0v) is 15.4. The highest BCUT2D eigenvalue weighted by molar-refractivity contribution is 5.95. The summed E-state index contributed by atoms with van der Waals surface area (Å²) in [4.78, 5) is 35.4. The van der Waals surface area contributed by atoms with Gasteiger partial charge in [-0.15, -0.1) is 0 Å². The van der Waals surface area contributed by atoms with Crippen LogP contribution in [0.25, 0.3) is 6.08 Å². The van der Waals surface area contributed by atoms with Gasteiger partial charge in [0.25, 0.3) is 5.91 Å². The fourth-order valence-corrected chi connectivity index (χ4v) is 2.42. The van der Waals surface area contributed by atoms with Crippen LogP contribution < -0.4 is 10.6 Å². The van der Waals surface area contributed by atoms with E-state index in [1.54, 1.807) is 30.3 Å². The van der Waals surface area contributed by atoms with Gasteiger partial charge in [-0.25, -0.2) is 0 Å². The number of carbonyl (C=O) groups excluding carboxylic acids is 3. The Hall–Kier alpha value is -3.41. The topological polar surface area (TPSA) is 84.5 Å². The molecule has 0 aromatic heterocycles. The summed E-state index contributed by atoms with van der Waals surface area (Å²) < 4.78 is 5.09. The van der Waals surface area contributed by atoms with Gasteiger partial charge >= 0.3 is 5.97 Å². The highest BCUT2D eigenvalue weighted by Crippen LogP contribution is 2.19. The summed E-state index contributed by atoms with van der Waals surface area (Å²) in [6, 6.07) is 16.6. The van der Waals surface area contributed by atoms with Crippen LogP contribution in [-0.2, 0) is 20.9 Å². The summed E-state index contributed by atoms with van der Waals surface area (Å²) in [6.07, 6.45) is 5.04. The minimum absolute atomic E-state index is 0.0789. The summed E-state index contributed by atoms with van der Waals surface area (Å²) in [7, 11) is 0. The maximum Gasteiger partial charge on any atom is 0.325 e. The summed E-state index contributed by atoms with van der Waals surface area (Å²) in [5.74, 6) is -0.978. The van der Waals surface area contributed by atoms with Crippen LogP contribution in [0.2, 0.25) is 0 Å². The van der Waals surface area contributed by atoms with Crippen LogP contribution in [0.3, 0.4) is 0 Å². The lowest BCUT2D eigenvalue weighted by Gasteiger charge is -2.05. The predicted octanol–water partition coefficient (Wildman–Crippen LogP) is 2.45. The number of hydrogen-bond acceptors (Lipinski definition) is 4. The molecular weight excluding hydrogens is 356 g/mol. The summed E-state index contributed by atoms with van der Waals surface area (Å²) in [6.45, 7) is -0.0255. The molecule has 0 aliphatic heterocycles. The second kappa shape index (κ2) is 9.50. The van der Waals surface area contributed by atoms with E-state index in [0.29, 0.717) is 11.6 Å². The minimum atomic E-state index is -0.503. The largest absolute Gasteiger partial charge is 0.460 e. The van der Waals surface area contributed by atoms with Gasteiger partial charge in [-0.05, 0) is 42.2 Å². The molecule has 6 heteroatoms. The third-order valence-corrected chi connectivity index (χ3v) is 4.16. The van der Waals surface area contributed by atoms with Crippen molar-refractivity contribution in [2.24, 2.45) is 0 Å². The number of esters is 1. The second-order valence-electron chi connectivity index (χ2n) is 6.57. The molecule has 1 aliphatic carbocycles. The summed E-state index contributed by atoms with van der Waals surface area (Å²) in [5.41, 5.74) is 2.26. The van der Waals surface area contributed by atoms with Crippen LogP contribution in [0, 0.1) is 0 Å². The van der Waals surface area contributed by atoms with E-state index >= 15 is 0 Å². The third kappa shape index (κ3) is 6.39. The highest BCUT2D eigenvalue weighted by atomic mass is 16.5. The van der Waals surface area contributed by atoms with Gasteiger partial charge in [-0.1, -0.05) is 42.5 Å². The first kappa shape index (κ1) is 19.4. The van der Waals surface area contributed by atoms with Crippen molar-refractivity contribution in [3.05, 3.63) is 77.4 Å². The number of ether oxygens (including phenoxy) is 1. The van der Waals surface area contributed by atoms with E-state index < -0.39 is 11.9 Å². The van der Waals surface area contributed by atoms with Crippen molar-refractivity contribution in [2.75, 3.05) is 6.54 Å². The molecule has 0 bridgehead atoms. The average molecular weight is 378 g/mol. The van der Waals surface area contributed by atoms with Crippen LogP contribution in [0.5, 0.6) is 0 Å². The first-order valence-electron chi connectivity index (χ1n) is 9.16. The number of amides is 2. The van der Waals surface area contributed by atoms with Gasteiger partial charge in [-0.3, -0.25) is 14.4 Å². The highest BCUT2D eigenvalue weighted by Gasteiger charge is 2.23. The number of hydrogen-bond donors (Lipinski definition) is 2. The van der Waals surface area contributed by atoms with Crippen molar-refractivity contribution in [2.45, 2.75) is 25.5 Å². The van der Waals surface area contributed by atoms with Gasteiger partial charge in [0.2, 0.25) is 5.91 Å². The van der Waals surface area contributed by atoms with Gasteiger partial charge in [0.05, 0.1) is 0 Å². The normalized spacial score (nSPS) is 13.1. The molecular formula is C22H22N2O4. The molecule has 1 saturated carbocycles. The number of carbonyl (C=O) groups is 3. The number of nitrogens with one attached hydrogen (secondary N) is 2. The Kier molecular flexibility index (Phi) is 6.57. The van der Waals surface area contributed by atoms with E-state index in [1.807, 2.05) is 30.3 Å². The molecule has 28 heavy (non-hydrogen) atoms. The van der Waals surface area contributed by atoms with E-state index in [0.717, 1.165) is 24.0 Å². The molecule has 6 nitrogen and oxygen atoms in total. The monoisotopic (exact) mass is 378 g/mol. The van der Waals surface area contributed by atoms with Crippen molar-refractivity contribution in [3.8, 4) is 0 Å². The Bertz CT molecular complexity index is 856. The molecule has 0 saturated heterocycles. The molecule has 0 radical (unpaired) electrons. The van der Waals surface area contributed by atoms with Gasteiger partial charge in [0.15, 0.2) is 0 Å². The van der Waals surface area contributed by atoms with Gasteiger partial charge in [0, 0.05) is 17.7 Å². The van der Waals surface area contributed by atoms with E-state index in [9.17, 15) is 14.4 Å². The molecule has 2 aromatic carbocycles.